The zero-order chi connectivity index (χ0) is 20.2. The number of para-hydroxylation sites is 2. The maximum absolute atomic E-state index is 12.6. The van der Waals surface area contributed by atoms with Crippen molar-refractivity contribution in [2.45, 2.75) is 26.3 Å². The van der Waals surface area contributed by atoms with Crippen molar-refractivity contribution in [2.24, 2.45) is 0 Å². The van der Waals surface area contributed by atoms with Crippen molar-refractivity contribution < 1.29 is 4.79 Å². The van der Waals surface area contributed by atoms with Gasteiger partial charge in [-0.25, -0.2) is 4.98 Å². The van der Waals surface area contributed by atoms with Gasteiger partial charge in [-0.3, -0.25) is 19.1 Å². The van der Waals surface area contributed by atoms with Crippen LogP contribution in [0.1, 0.15) is 17.5 Å². The van der Waals surface area contributed by atoms with Gasteiger partial charge in [-0.2, -0.15) is 0 Å². The lowest BCUT2D eigenvalue weighted by atomic mass is 10.1. The van der Waals surface area contributed by atoms with Crippen molar-refractivity contribution in [3.05, 3.63) is 82.5 Å². The van der Waals surface area contributed by atoms with Crippen LogP contribution in [0.15, 0.2) is 65.8 Å². The molecule has 0 spiro atoms. The first-order valence-electron chi connectivity index (χ1n) is 9.67. The van der Waals surface area contributed by atoms with E-state index >= 15 is 0 Å². The molecule has 6 nitrogen and oxygen atoms in total. The van der Waals surface area contributed by atoms with Crippen molar-refractivity contribution in [3.63, 3.8) is 0 Å². The van der Waals surface area contributed by atoms with E-state index in [-0.39, 0.29) is 17.9 Å². The Morgan fingerprint density at radius 3 is 2.76 bits per heavy atom. The molecule has 0 bridgehead atoms. The Morgan fingerprint density at radius 1 is 1.03 bits per heavy atom. The van der Waals surface area contributed by atoms with E-state index in [1.807, 2.05) is 49.4 Å². The summed E-state index contributed by atoms with van der Waals surface area (Å²) in [4.78, 5) is 33.7. The van der Waals surface area contributed by atoms with Crippen molar-refractivity contribution in [3.8, 4) is 0 Å². The number of hydrogen-bond acceptors (Lipinski definition) is 4. The molecule has 0 unspecified atom stereocenters. The maximum Gasteiger partial charge on any atom is 0.261 e. The van der Waals surface area contributed by atoms with Gasteiger partial charge >= 0.3 is 0 Å². The molecule has 0 saturated carbocycles. The van der Waals surface area contributed by atoms with Crippen LogP contribution in [-0.2, 0) is 17.8 Å². The molecule has 1 N–H and O–H groups in total. The average Bonchev–Trinajstić information content (AvgIpc) is 2.74. The highest BCUT2D eigenvalue weighted by Crippen LogP contribution is 2.16. The van der Waals surface area contributed by atoms with Gasteiger partial charge < -0.3 is 5.32 Å². The first-order valence-corrected chi connectivity index (χ1v) is 9.67. The molecule has 4 rings (SSSR count). The normalized spacial score (nSPS) is 11.1. The Bertz CT molecular complexity index is 1240. The molecule has 2 aromatic heterocycles. The molecule has 0 fully saturated rings. The number of hydrogen-bond donors (Lipinski definition) is 1. The highest BCUT2D eigenvalue weighted by molar-refractivity contribution is 5.82. The van der Waals surface area contributed by atoms with Gasteiger partial charge in [0.2, 0.25) is 5.91 Å². The summed E-state index contributed by atoms with van der Waals surface area (Å²) in [5.41, 5.74) is 3.63. The van der Waals surface area contributed by atoms with Crippen LogP contribution in [0, 0.1) is 6.92 Å². The Balaban J connectivity index is 1.35. The number of nitrogens with zero attached hydrogens (tertiary/aromatic N) is 3. The third kappa shape index (κ3) is 4.01. The summed E-state index contributed by atoms with van der Waals surface area (Å²) in [5, 5.41) is 4.60. The zero-order valence-electron chi connectivity index (χ0n) is 16.3. The molecule has 2 aromatic carbocycles. The van der Waals surface area contributed by atoms with Crippen LogP contribution in [0.25, 0.3) is 21.8 Å². The molecule has 29 heavy (non-hydrogen) atoms. The second-order valence-corrected chi connectivity index (χ2v) is 7.06. The SMILES string of the molecule is Cc1cccc2c(=O)n(CCC(=O)NCCc3cccc4cccnc34)cnc12. The summed E-state index contributed by atoms with van der Waals surface area (Å²) in [5.74, 6) is -0.0885. The van der Waals surface area contributed by atoms with Crippen molar-refractivity contribution in [1.29, 1.82) is 0 Å². The molecule has 146 valence electrons. The lowest BCUT2D eigenvalue weighted by Crippen LogP contribution is -2.29. The first-order chi connectivity index (χ1) is 14.1. The van der Waals surface area contributed by atoms with Crippen LogP contribution in [0.3, 0.4) is 0 Å². The predicted octanol–water partition coefficient (Wildman–Crippen LogP) is 3.00. The van der Waals surface area contributed by atoms with Crippen LogP contribution in [0.2, 0.25) is 0 Å². The highest BCUT2D eigenvalue weighted by atomic mass is 16.1. The number of amides is 1. The summed E-state index contributed by atoms with van der Waals surface area (Å²) in [6.45, 7) is 2.76. The van der Waals surface area contributed by atoms with Crippen molar-refractivity contribution in [1.82, 2.24) is 19.9 Å². The third-order valence-corrected chi connectivity index (χ3v) is 5.07. The molecule has 6 heteroatoms. The van der Waals surface area contributed by atoms with E-state index < -0.39 is 0 Å². The molecule has 0 aliphatic heterocycles. The van der Waals surface area contributed by atoms with E-state index in [9.17, 15) is 9.59 Å². The Hall–Kier alpha value is -3.54. The largest absolute Gasteiger partial charge is 0.356 e. The number of benzene rings is 2. The van der Waals surface area contributed by atoms with E-state index in [4.69, 9.17) is 0 Å². The minimum atomic E-state index is -0.117. The number of pyridine rings is 1. The lowest BCUT2D eigenvalue weighted by Gasteiger charge is -2.09. The number of aryl methyl sites for hydroxylation is 2. The van der Waals surface area contributed by atoms with Crippen LogP contribution >= 0.6 is 0 Å². The Morgan fingerprint density at radius 2 is 1.86 bits per heavy atom. The number of carbonyl (C=O) groups excluding carboxylic acids is 1. The summed E-state index contributed by atoms with van der Waals surface area (Å²) in [6, 6.07) is 15.6. The number of fused-ring (bicyclic) bond motifs is 2. The Kier molecular flexibility index (Phi) is 5.33. The van der Waals surface area contributed by atoms with E-state index in [2.05, 4.69) is 15.3 Å². The molecule has 4 aromatic rings. The quantitative estimate of drug-likeness (QED) is 0.553. The molecule has 0 saturated heterocycles. The second kappa shape index (κ2) is 8.22. The number of aromatic nitrogens is 3. The van der Waals surface area contributed by atoms with Gasteiger partial charge in [-0.15, -0.1) is 0 Å². The molecular weight excluding hydrogens is 364 g/mol. The molecular formula is C23H22N4O2. The summed E-state index contributed by atoms with van der Waals surface area (Å²) in [7, 11) is 0. The topological polar surface area (TPSA) is 76.9 Å². The predicted molar refractivity (Wildman–Crippen MR) is 114 cm³/mol. The van der Waals surface area contributed by atoms with Gasteiger partial charge in [-0.05, 0) is 36.6 Å². The van der Waals surface area contributed by atoms with Gasteiger partial charge in [0.15, 0.2) is 0 Å². The van der Waals surface area contributed by atoms with Crippen molar-refractivity contribution >= 4 is 27.7 Å². The molecule has 1 amide bonds. The molecule has 0 aliphatic rings. The fraction of sp³-hybridized carbons (Fsp3) is 0.217. The monoisotopic (exact) mass is 386 g/mol. The molecule has 0 radical (unpaired) electrons. The average molecular weight is 386 g/mol. The highest BCUT2D eigenvalue weighted by Gasteiger charge is 2.08. The van der Waals surface area contributed by atoms with Gasteiger partial charge in [0.1, 0.15) is 0 Å². The summed E-state index contributed by atoms with van der Waals surface area (Å²) in [6.07, 6.45) is 4.23. The maximum atomic E-state index is 12.6. The lowest BCUT2D eigenvalue weighted by molar-refractivity contribution is -0.121. The van der Waals surface area contributed by atoms with Crippen LogP contribution in [-0.4, -0.2) is 27.0 Å². The summed E-state index contributed by atoms with van der Waals surface area (Å²) < 4.78 is 1.50. The van der Waals surface area contributed by atoms with Crippen molar-refractivity contribution in [2.75, 3.05) is 6.54 Å². The molecule has 2 heterocycles. The number of rotatable bonds is 6. The first kappa shape index (κ1) is 18.8. The van der Waals surface area contributed by atoms with Crippen LogP contribution < -0.4 is 10.9 Å². The van der Waals surface area contributed by atoms with Crippen LogP contribution in [0.5, 0.6) is 0 Å². The standard InChI is InChI=1S/C23H22N4O2/c1-16-5-2-9-19-21(16)26-15-27(23(19)29)14-11-20(28)24-13-10-18-7-3-6-17-8-4-12-25-22(17)18/h2-9,12,15H,10-11,13-14H2,1H3,(H,24,28). The van der Waals surface area contributed by atoms with Gasteiger partial charge in [0.05, 0.1) is 22.7 Å². The van der Waals surface area contributed by atoms with Gasteiger partial charge in [0, 0.05) is 31.1 Å². The van der Waals surface area contributed by atoms with Gasteiger partial charge in [0.25, 0.3) is 5.56 Å². The minimum absolute atomic E-state index is 0.0885. The second-order valence-electron chi connectivity index (χ2n) is 7.06. The minimum Gasteiger partial charge on any atom is -0.356 e. The van der Waals surface area contributed by atoms with E-state index in [0.717, 1.165) is 22.0 Å². The van der Waals surface area contributed by atoms with Gasteiger partial charge in [-0.1, -0.05) is 36.4 Å². The number of carbonyl (C=O) groups is 1. The molecule has 0 atom stereocenters. The smallest absolute Gasteiger partial charge is 0.261 e. The van der Waals surface area contributed by atoms with E-state index in [1.54, 1.807) is 12.3 Å². The fourth-order valence-electron chi connectivity index (χ4n) is 3.51. The fourth-order valence-corrected chi connectivity index (χ4v) is 3.51. The number of nitrogens with one attached hydrogen (secondary N) is 1. The zero-order valence-corrected chi connectivity index (χ0v) is 16.3. The van der Waals surface area contributed by atoms with E-state index in [0.29, 0.717) is 30.4 Å². The van der Waals surface area contributed by atoms with Crippen LogP contribution in [0.4, 0.5) is 0 Å². The van der Waals surface area contributed by atoms with E-state index in [1.165, 1.54) is 10.9 Å². The Labute approximate surface area is 168 Å². The third-order valence-electron chi connectivity index (χ3n) is 5.07. The molecule has 0 aliphatic carbocycles. The summed E-state index contributed by atoms with van der Waals surface area (Å²) >= 11 is 0.